The van der Waals surface area contributed by atoms with Gasteiger partial charge in [0.15, 0.2) is 0 Å². The highest BCUT2D eigenvalue weighted by atomic mass is 16.2. The summed E-state index contributed by atoms with van der Waals surface area (Å²) < 4.78 is 0. The predicted molar refractivity (Wildman–Crippen MR) is 77.3 cm³/mol. The summed E-state index contributed by atoms with van der Waals surface area (Å²) in [7, 11) is 0. The Balaban J connectivity index is 1.81. The molecule has 2 atom stereocenters. The van der Waals surface area contributed by atoms with Crippen LogP contribution in [0.15, 0.2) is 18.2 Å². The lowest BCUT2D eigenvalue weighted by Crippen LogP contribution is -2.39. The number of nitrogens with zero attached hydrogens (tertiary/aromatic N) is 1. The van der Waals surface area contributed by atoms with E-state index >= 15 is 0 Å². The van der Waals surface area contributed by atoms with E-state index in [1.54, 1.807) is 0 Å². The molecule has 3 rings (SSSR count). The maximum Gasteiger partial charge on any atom is 0.254 e. The number of likely N-dealkylation sites (tertiary alicyclic amines) is 1. The van der Waals surface area contributed by atoms with Crippen LogP contribution in [0.3, 0.4) is 0 Å². The van der Waals surface area contributed by atoms with Crippen LogP contribution >= 0.6 is 0 Å². The summed E-state index contributed by atoms with van der Waals surface area (Å²) in [5.41, 5.74) is 3.34. The first-order valence-corrected chi connectivity index (χ1v) is 7.55. The summed E-state index contributed by atoms with van der Waals surface area (Å²) in [6, 6.07) is 6.62. The molecule has 1 saturated carbocycles. The van der Waals surface area contributed by atoms with E-state index in [2.05, 4.69) is 24.8 Å². The van der Waals surface area contributed by atoms with Gasteiger partial charge in [-0.25, -0.2) is 0 Å². The number of benzene rings is 1. The summed E-state index contributed by atoms with van der Waals surface area (Å²) in [5.74, 6) is 1.02. The van der Waals surface area contributed by atoms with Gasteiger partial charge in [0.2, 0.25) is 0 Å². The van der Waals surface area contributed by atoms with Crippen LogP contribution in [0.5, 0.6) is 0 Å². The van der Waals surface area contributed by atoms with Gasteiger partial charge in [0.25, 0.3) is 5.91 Å². The Morgan fingerprint density at radius 2 is 1.89 bits per heavy atom. The molecule has 1 aromatic carbocycles. The van der Waals surface area contributed by atoms with Gasteiger partial charge in [-0.1, -0.05) is 18.9 Å². The number of carbonyl (C=O) groups is 1. The number of carbonyl (C=O) groups excluding carboxylic acids is 1. The van der Waals surface area contributed by atoms with Gasteiger partial charge in [-0.05, 0) is 62.3 Å². The SMILES string of the molecule is Cc1ccc(C(=O)N2CCC3CCCCC32)cc1C. The normalized spacial score (nSPS) is 26.3. The van der Waals surface area contributed by atoms with E-state index < -0.39 is 0 Å². The molecule has 2 nitrogen and oxygen atoms in total. The Bertz CT molecular complexity index is 494. The topological polar surface area (TPSA) is 20.3 Å². The molecule has 19 heavy (non-hydrogen) atoms. The summed E-state index contributed by atoms with van der Waals surface area (Å²) in [4.78, 5) is 14.8. The van der Waals surface area contributed by atoms with Gasteiger partial charge in [0.05, 0.1) is 0 Å². The molecule has 2 fully saturated rings. The van der Waals surface area contributed by atoms with Gasteiger partial charge in [-0.2, -0.15) is 0 Å². The molecule has 0 bridgehead atoms. The van der Waals surface area contributed by atoms with E-state index in [1.165, 1.54) is 43.2 Å². The average Bonchev–Trinajstić information content (AvgIpc) is 2.85. The van der Waals surface area contributed by atoms with Crippen molar-refractivity contribution in [3.63, 3.8) is 0 Å². The van der Waals surface area contributed by atoms with Crippen molar-refractivity contribution in [1.29, 1.82) is 0 Å². The van der Waals surface area contributed by atoms with Crippen molar-refractivity contribution in [2.45, 2.75) is 52.0 Å². The van der Waals surface area contributed by atoms with E-state index in [-0.39, 0.29) is 5.91 Å². The number of hydrogen-bond donors (Lipinski definition) is 0. The molecular formula is C17H23NO. The largest absolute Gasteiger partial charge is 0.335 e. The van der Waals surface area contributed by atoms with Crippen molar-refractivity contribution < 1.29 is 4.79 Å². The number of fused-ring (bicyclic) bond motifs is 1. The molecule has 1 aliphatic heterocycles. The van der Waals surface area contributed by atoms with Gasteiger partial charge in [-0.15, -0.1) is 0 Å². The summed E-state index contributed by atoms with van der Waals surface area (Å²) in [5, 5.41) is 0. The van der Waals surface area contributed by atoms with Crippen molar-refractivity contribution in [2.24, 2.45) is 5.92 Å². The van der Waals surface area contributed by atoms with Gasteiger partial charge < -0.3 is 4.90 Å². The zero-order valence-corrected chi connectivity index (χ0v) is 12.0. The van der Waals surface area contributed by atoms with Gasteiger partial charge in [0.1, 0.15) is 0 Å². The Labute approximate surface area is 115 Å². The first-order valence-electron chi connectivity index (χ1n) is 7.55. The molecule has 0 aromatic heterocycles. The minimum absolute atomic E-state index is 0.248. The highest BCUT2D eigenvalue weighted by molar-refractivity contribution is 5.95. The number of rotatable bonds is 1. The molecule has 102 valence electrons. The van der Waals surface area contributed by atoms with E-state index in [1.807, 2.05) is 12.1 Å². The van der Waals surface area contributed by atoms with Crippen molar-refractivity contribution in [2.75, 3.05) is 6.54 Å². The van der Waals surface area contributed by atoms with Crippen LogP contribution in [0.25, 0.3) is 0 Å². The van der Waals surface area contributed by atoms with Crippen LogP contribution in [0.1, 0.15) is 53.6 Å². The molecule has 2 unspecified atom stereocenters. The summed E-state index contributed by atoms with van der Waals surface area (Å²) in [6.45, 7) is 5.14. The zero-order valence-electron chi connectivity index (χ0n) is 12.0. The standard InChI is InChI=1S/C17H23NO/c1-12-7-8-15(11-13(12)2)17(19)18-10-9-14-5-3-4-6-16(14)18/h7-8,11,14,16H,3-6,9-10H2,1-2H3. The molecule has 1 heterocycles. The first-order chi connectivity index (χ1) is 9.16. The lowest BCUT2D eigenvalue weighted by molar-refractivity contribution is 0.0690. The van der Waals surface area contributed by atoms with Crippen molar-refractivity contribution >= 4 is 5.91 Å². The lowest BCUT2D eigenvalue weighted by atomic mass is 9.85. The maximum absolute atomic E-state index is 12.7. The van der Waals surface area contributed by atoms with Crippen molar-refractivity contribution in [3.05, 3.63) is 34.9 Å². The van der Waals surface area contributed by atoms with Crippen LogP contribution in [0.4, 0.5) is 0 Å². The van der Waals surface area contributed by atoms with Crippen LogP contribution in [-0.4, -0.2) is 23.4 Å². The Morgan fingerprint density at radius 3 is 2.68 bits per heavy atom. The minimum Gasteiger partial charge on any atom is -0.335 e. The van der Waals surface area contributed by atoms with Crippen LogP contribution in [-0.2, 0) is 0 Å². The summed E-state index contributed by atoms with van der Waals surface area (Å²) >= 11 is 0. The number of aryl methyl sites for hydroxylation is 2. The Hall–Kier alpha value is -1.31. The first kappa shape index (κ1) is 12.7. The highest BCUT2D eigenvalue weighted by Gasteiger charge is 2.38. The molecule has 0 radical (unpaired) electrons. The monoisotopic (exact) mass is 257 g/mol. The Kier molecular flexibility index (Phi) is 3.34. The lowest BCUT2D eigenvalue weighted by Gasteiger charge is -2.31. The third kappa shape index (κ3) is 2.29. The molecule has 0 spiro atoms. The third-order valence-electron chi connectivity index (χ3n) is 5.02. The molecule has 0 N–H and O–H groups in total. The van der Waals surface area contributed by atoms with Crippen LogP contribution < -0.4 is 0 Å². The highest BCUT2D eigenvalue weighted by Crippen LogP contribution is 2.36. The smallest absolute Gasteiger partial charge is 0.254 e. The van der Waals surface area contributed by atoms with E-state index in [9.17, 15) is 4.79 Å². The van der Waals surface area contributed by atoms with E-state index in [0.717, 1.165) is 18.0 Å². The second kappa shape index (κ2) is 4.99. The number of hydrogen-bond acceptors (Lipinski definition) is 1. The third-order valence-corrected chi connectivity index (χ3v) is 5.02. The second-order valence-electron chi connectivity index (χ2n) is 6.20. The summed E-state index contributed by atoms with van der Waals surface area (Å²) in [6.07, 6.45) is 6.38. The van der Waals surface area contributed by atoms with Gasteiger partial charge >= 0.3 is 0 Å². The van der Waals surface area contributed by atoms with E-state index in [0.29, 0.717) is 6.04 Å². The fraction of sp³-hybridized carbons (Fsp3) is 0.588. The van der Waals surface area contributed by atoms with Crippen molar-refractivity contribution in [3.8, 4) is 0 Å². The van der Waals surface area contributed by atoms with Crippen LogP contribution in [0.2, 0.25) is 0 Å². The molecule has 1 amide bonds. The van der Waals surface area contributed by atoms with E-state index in [4.69, 9.17) is 0 Å². The van der Waals surface area contributed by atoms with Crippen LogP contribution in [0, 0.1) is 19.8 Å². The predicted octanol–water partition coefficient (Wildman–Crippen LogP) is 3.71. The fourth-order valence-corrected chi connectivity index (χ4v) is 3.70. The Morgan fingerprint density at radius 1 is 1.11 bits per heavy atom. The quantitative estimate of drug-likeness (QED) is 0.751. The minimum atomic E-state index is 0.248. The van der Waals surface area contributed by atoms with Crippen molar-refractivity contribution in [1.82, 2.24) is 4.90 Å². The molecule has 2 aliphatic rings. The fourth-order valence-electron chi connectivity index (χ4n) is 3.70. The molecule has 1 aromatic rings. The average molecular weight is 257 g/mol. The molecule has 2 heteroatoms. The maximum atomic E-state index is 12.7. The van der Waals surface area contributed by atoms with Gasteiger partial charge in [-0.3, -0.25) is 4.79 Å². The molecule has 1 aliphatic carbocycles. The molecular weight excluding hydrogens is 234 g/mol. The zero-order chi connectivity index (χ0) is 13.4. The number of amides is 1. The molecule has 1 saturated heterocycles. The van der Waals surface area contributed by atoms with Gasteiger partial charge in [0, 0.05) is 18.2 Å². The second-order valence-corrected chi connectivity index (χ2v) is 6.20.